The summed E-state index contributed by atoms with van der Waals surface area (Å²) in [6, 6.07) is 30.4. The van der Waals surface area contributed by atoms with E-state index >= 15 is 0 Å². The van der Waals surface area contributed by atoms with E-state index in [-0.39, 0.29) is 17.3 Å². The maximum atomic E-state index is 13.4. The van der Waals surface area contributed by atoms with E-state index < -0.39 is 0 Å². The van der Waals surface area contributed by atoms with E-state index in [2.05, 4.69) is 46.2 Å². The van der Waals surface area contributed by atoms with E-state index in [1.54, 1.807) is 12.1 Å². The third-order valence-electron chi connectivity index (χ3n) is 7.41. The van der Waals surface area contributed by atoms with Crippen molar-refractivity contribution in [3.05, 3.63) is 119 Å². The van der Waals surface area contributed by atoms with Gasteiger partial charge in [-0.05, 0) is 53.5 Å². The number of ketones is 1. The van der Waals surface area contributed by atoms with Gasteiger partial charge in [0.1, 0.15) is 11.5 Å². The topological polar surface area (TPSA) is 53.0 Å². The molecule has 6 rings (SSSR count). The van der Waals surface area contributed by atoms with E-state index in [4.69, 9.17) is 4.74 Å². The standard InChI is InChI=1S/C33H30N2O3/c1-23-20-29(36)28(22-34-16-18-35(19-17-34)27-10-6-3-7-11-27)33-31(23)32(37)30(38-33)21-24-12-14-26(15-13-24)25-8-4-2-5-9-25/h2-15,20-21,36H,16-19,22H2,1H3/b30-21+. The number of benzene rings is 4. The van der Waals surface area contributed by atoms with Crippen LogP contribution in [0.25, 0.3) is 17.2 Å². The third-order valence-corrected chi connectivity index (χ3v) is 7.41. The highest BCUT2D eigenvalue weighted by molar-refractivity contribution is 6.15. The average Bonchev–Trinajstić information content (AvgIpc) is 3.28. The number of nitrogens with zero attached hydrogens (tertiary/aromatic N) is 2. The molecule has 4 aromatic rings. The van der Waals surface area contributed by atoms with Crippen molar-refractivity contribution in [2.75, 3.05) is 31.1 Å². The van der Waals surface area contributed by atoms with Crippen LogP contribution in [0, 0.1) is 6.92 Å². The van der Waals surface area contributed by atoms with Crippen molar-refractivity contribution >= 4 is 17.5 Å². The van der Waals surface area contributed by atoms with Crippen molar-refractivity contribution in [1.29, 1.82) is 0 Å². The van der Waals surface area contributed by atoms with Crippen LogP contribution in [0.2, 0.25) is 0 Å². The van der Waals surface area contributed by atoms with E-state index in [0.29, 0.717) is 23.4 Å². The van der Waals surface area contributed by atoms with Gasteiger partial charge >= 0.3 is 0 Å². The molecule has 0 amide bonds. The Kier molecular flexibility index (Phi) is 6.44. The number of para-hydroxylation sites is 1. The Bertz CT molecular complexity index is 1490. The first-order valence-corrected chi connectivity index (χ1v) is 13.0. The van der Waals surface area contributed by atoms with E-state index in [0.717, 1.165) is 48.4 Å². The largest absolute Gasteiger partial charge is 0.507 e. The van der Waals surface area contributed by atoms with Gasteiger partial charge in [0.15, 0.2) is 5.76 Å². The number of fused-ring (bicyclic) bond motifs is 1. The molecule has 2 aliphatic rings. The number of aromatic hydroxyl groups is 1. The summed E-state index contributed by atoms with van der Waals surface area (Å²) >= 11 is 0. The Morgan fingerprint density at radius 1 is 0.842 bits per heavy atom. The molecule has 5 nitrogen and oxygen atoms in total. The SMILES string of the molecule is Cc1cc(O)c(CN2CCN(c3ccccc3)CC2)c2c1C(=O)/C(=C\c1ccc(-c3ccccc3)cc1)O2. The minimum atomic E-state index is -0.139. The highest BCUT2D eigenvalue weighted by Crippen LogP contribution is 2.42. The van der Waals surface area contributed by atoms with Gasteiger partial charge in [-0.15, -0.1) is 0 Å². The molecular weight excluding hydrogens is 472 g/mol. The number of allylic oxidation sites excluding steroid dienone is 1. The number of phenolic OH excluding ortho intramolecular Hbond substituents is 1. The predicted molar refractivity (Wildman–Crippen MR) is 152 cm³/mol. The van der Waals surface area contributed by atoms with E-state index in [1.807, 2.05) is 55.5 Å². The van der Waals surface area contributed by atoms with Crippen molar-refractivity contribution < 1.29 is 14.6 Å². The first-order chi connectivity index (χ1) is 18.6. The van der Waals surface area contributed by atoms with E-state index in [1.165, 1.54) is 5.69 Å². The number of hydrogen-bond acceptors (Lipinski definition) is 5. The second kappa shape index (κ2) is 10.2. The Morgan fingerprint density at radius 3 is 2.16 bits per heavy atom. The molecule has 0 aromatic heterocycles. The molecule has 0 unspecified atom stereocenters. The average molecular weight is 503 g/mol. The van der Waals surface area contributed by atoms with Gasteiger partial charge in [-0.3, -0.25) is 9.69 Å². The van der Waals surface area contributed by atoms with Crippen molar-refractivity contribution in [1.82, 2.24) is 4.90 Å². The molecule has 0 bridgehead atoms. The molecule has 1 saturated heterocycles. The summed E-state index contributed by atoms with van der Waals surface area (Å²) in [5, 5.41) is 10.9. The second-order valence-electron chi connectivity index (χ2n) is 9.92. The van der Waals surface area contributed by atoms with Crippen LogP contribution < -0.4 is 9.64 Å². The lowest BCUT2D eigenvalue weighted by molar-refractivity contribution is 0.101. The van der Waals surface area contributed by atoms with Crippen LogP contribution in [-0.2, 0) is 6.54 Å². The first kappa shape index (κ1) is 24.0. The zero-order valence-electron chi connectivity index (χ0n) is 21.4. The number of piperazine rings is 1. The van der Waals surface area contributed by atoms with Gasteiger partial charge in [-0.25, -0.2) is 0 Å². The summed E-state index contributed by atoms with van der Waals surface area (Å²) in [7, 11) is 0. The van der Waals surface area contributed by atoms with Gasteiger partial charge in [0.2, 0.25) is 5.78 Å². The van der Waals surface area contributed by atoms with E-state index in [9.17, 15) is 9.90 Å². The fourth-order valence-corrected chi connectivity index (χ4v) is 5.31. The number of ether oxygens (including phenoxy) is 1. The van der Waals surface area contributed by atoms with Gasteiger partial charge in [0.05, 0.1) is 11.1 Å². The molecule has 190 valence electrons. The quantitative estimate of drug-likeness (QED) is 0.324. The number of carbonyl (C=O) groups excluding carboxylic acids is 1. The fourth-order valence-electron chi connectivity index (χ4n) is 5.31. The highest BCUT2D eigenvalue weighted by atomic mass is 16.5. The molecule has 0 saturated carbocycles. The van der Waals surface area contributed by atoms with Crippen LogP contribution >= 0.6 is 0 Å². The van der Waals surface area contributed by atoms with Gasteiger partial charge in [0, 0.05) is 38.4 Å². The molecule has 5 heteroatoms. The van der Waals surface area contributed by atoms with Crippen LogP contribution in [0.15, 0.2) is 96.8 Å². The zero-order valence-corrected chi connectivity index (χ0v) is 21.4. The Morgan fingerprint density at radius 2 is 1.47 bits per heavy atom. The summed E-state index contributed by atoms with van der Waals surface area (Å²) in [4.78, 5) is 18.1. The third kappa shape index (κ3) is 4.69. The number of phenols is 1. The number of aryl methyl sites for hydroxylation is 1. The molecular formula is C33H30N2O3. The highest BCUT2D eigenvalue weighted by Gasteiger charge is 2.34. The van der Waals surface area contributed by atoms with Gasteiger partial charge in [0.25, 0.3) is 0 Å². The lowest BCUT2D eigenvalue weighted by Crippen LogP contribution is -2.46. The van der Waals surface area contributed by atoms with Gasteiger partial charge in [-0.2, -0.15) is 0 Å². The Labute approximate surface area is 223 Å². The molecule has 0 radical (unpaired) electrons. The minimum absolute atomic E-state index is 0.139. The van der Waals surface area contributed by atoms with Gasteiger partial charge in [-0.1, -0.05) is 72.8 Å². The monoisotopic (exact) mass is 502 g/mol. The number of rotatable bonds is 5. The summed E-state index contributed by atoms with van der Waals surface area (Å²) in [5.74, 6) is 0.814. The first-order valence-electron chi connectivity index (χ1n) is 13.0. The zero-order chi connectivity index (χ0) is 26.1. The summed E-state index contributed by atoms with van der Waals surface area (Å²) in [6.45, 7) is 5.91. The van der Waals surface area contributed by atoms with Crippen molar-refractivity contribution in [3.8, 4) is 22.6 Å². The summed E-state index contributed by atoms with van der Waals surface area (Å²) in [5.41, 5.74) is 6.33. The minimum Gasteiger partial charge on any atom is -0.507 e. The van der Waals surface area contributed by atoms with Crippen molar-refractivity contribution in [2.24, 2.45) is 0 Å². The van der Waals surface area contributed by atoms with Crippen LogP contribution in [0.5, 0.6) is 11.5 Å². The molecule has 4 aromatic carbocycles. The number of hydrogen-bond donors (Lipinski definition) is 1. The molecule has 2 aliphatic heterocycles. The van der Waals surface area contributed by atoms with Crippen molar-refractivity contribution in [2.45, 2.75) is 13.5 Å². The summed E-state index contributed by atoms with van der Waals surface area (Å²) in [6.07, 6.45) is 1.79. The molecule has 2 heterocycles. The fraction of sp³-hybridized carbons (Fsp3) is 0.182. The molecule has 0 aliphatic carbocycles. The van der Waals surface area contributed by atoms with Crippen LogP contribution in [-0.4, -0.2) is 42.0 Å². The molecule has 38 heavy (non-hydrogen) atoms. The van der Waals surface area contributed by atoms with Crippen molar-refractivity contribution in [3.63, 3.8) is 0 Å². The molecule has 1 N–H and O–H groups in total. The van der Waals surface area contributed by atoms with Crippen LogP contribution in [0.4, 0.5) is 5.69 Å². The van der Waals surface area contributed by atoms with Gasteiger partial charge < -0.3 is 14.7 Å². The molecule has 0 atom stereocenters. The van der Waals surface area contributed by atoms with Crippen LogP contribution in [0.1, 0.15) is 27.0 Å². The summed E-state index contributed by atoms with van der Waals surface area (Å²) < 4.78 is 6.18. The maximum Gasteiger partial charge on any atom is 0.232 e. The second-order valence-corrected chi connectivity index (χ2v) is 9.92. The maximum absolute atomic E-state index is 13.4. The number of anilines is 1. The predicted octanol–water partition coefficient (Wildman–Crippen LogP) is 6.31. The normalized spacial score (nSPS) is 16.5. The number of carbonyl (C=O) groups is 1. The lowest BCUT2D eigenvalue weighted by Gasteiger charge is -2.36. The molecule has 1 fully saturated rings. The Hall–Kier alpha value is -4.35. The smallest absolute Gasteiger partial charge is 0.232 e. The number of Topliss-reactive ketones (excluding diaryl/α,β-unsaturated/α-hetero) is 1. The lowest BCUT2D eigenvalue weighted by atomic mass is 9.98. The molecule has 0 spiro atoms. The Balaban J connectivity index is 1.21. The van der Waals surface area contributed by atoms with Crippen LogP contribution in [0.3, 0.4) is 0 Å².